The summed E-state index contributed by atoms with van der Waals surface area (Å²) in [7, 11) is 0. The first-order chi connectivity index (χ1) is 7.61. The first-order valence-corrected chi connectivity index (χ1v) is 6.10. The number of carbonyl (C=O) groups is 1. The number of hydrogen-bond acceptors (Lipinski definition) is 3. The molecule has 0 aromatic carbocycles. The molecular formula is C10H11BrClN3O. The lowest BCUT2D eigenvalue weighted by molar-refractivity contribution is -0.117. The Bertz CT molecular complexity index is 427. The molecule has 0 spiro atoms. The summed E-state index contributed by atoms with van der Waals surface area (Å²) in [6, 6.07) is 1.80. The number of halogens is 2. The van der Waals surface area contributed by atoms with E-state index in [2.05, 4.69) is 20.9 Å². The van der Waals surface area contributed by atoms with E-state index in [-0.39, 0.29) is 11.8 Å². The van der Waals surface area contributed by atoms with E-state index in [1.165, 1.54) is 0 Å². The minimum Gasteiger partial charge on any atom is -0.330 e. The number of amides is 1. The SMILES string of the molecule is NCC1CC(=O)N(c2cc(Br)cnc2Cl)C1. The van der Waals surface area contributed by atoms with Crippen LogP contribution in [0.1, 0.15) is 6.42 Å². The molecule has 1 aromatic heterocycles. The summed E-state index contributed by atoms with van der Waals surface area (Å²) < 4.78 is 0.802. The molecule has 6 heteroatoms. The van der Waals surface area contributed by atoms with Crippen LogP contribution in [0.2, 0.25) is 5.15 Å². The van der Waals surface area contributed by atoms with Crippen molar-refractivity contribution >= 4 is 39.1 Å². The van der Waals surface area contributed by atoms with Crippen molar-refractivity contribution in [2.45, 2.75) is 6.42 Å². The van der Waals surface area contributed by atoms with Crippen molar-refractivity contribution in [3.63, 3.8) is 0 Å². The molecule has 4 nitrogen and oxygen atoms in total. The van der Waals surface area contributed by atoms with Gasteiger partial charge in [0.15, 0.2) is 5.15 Å². The maximum Gasteiger partial charge on any atom is 0.227 e. The van der Waals surface area contributed by atoms with Gasteiger partial charge in [-0.3, -0.25) is 4.79 Å². The number of aromatic nitrogens is 1. The number of anilines is 1. The van der Waals surface area contributed by atoms with Gasteiger partial charge in [-0.25, -0.2) is 4.98 Å². The van der Waals surface area contributed by atoms with Crippen LogP contribution in [0, 0.1) is 5.92 Å². The molecule has 16 heavy (non-hydrogen) atoms. The van der Waals surface area contributed by atoms with Gasteiger partial charge in [0, 0.05) is 23.6 Å². The molecule has 0 bridgehead atoms. The van der Waals surface area contributed by atoms with Gasteiger partial charge in [-0.15, -0.1) is 0 Å². The molecule has 1 aliphatic heterocycles. The van der Waals surface area contributed by atoms with Crippen LogP contribution in [-0.2, 0) is 4.79 Å². The maximum atomic E-state index is 11.8. The molecule has 1 saturated heterocycles. The van der Waals surface area contributed by atoms with E-state index in [4.69, 9.17) is 17.3 Å². The van der Waals surface area contributed by atoms with Gasteiger partial charge in [-0.1, -0.05) is 11.6 Å². The zero-order valence-corrected chi connectivity index (χ0v) is 10.8. The zero-order chi connectivity index (χ0) is 11.7. The molecule has 0 radical (unpaired) electrons. The summed E-state index contributed by atoms with van der Waals surface area (Å²) in [6.07, 6.45) is 2.09. The van der Waals surface area contributed by atoms with Crippen LogP contribution in [0.4, 0.5) is 5.69 Å². The molecule has 1 amide bonds. The Morgan fingerprint density at radius 3 is 3.06 bits per heavy atom. The van der Waals surface area contributed by atoms with Gasteiger partial charge in [0.25, 0.3) is 0 Å². The molecule has 1 aromatic rings. The van der Waals surface area contributed by atoms with Gasteiger partial charge in [0.2, 0.25) is 5.91 Å². The van der Waals surface area contributed by atoms with Crippen molar-refractivity contribution in [1.29, 1.82) is 0 Å². The molecule has 0 aliphatic carbocycles. The molecule has 1 aliphatic rings. The van der Waals surface area contributed by atoms with Crippen LogP contribution in [0.3, 0.4) is 0 Å². The standard InChI is InChI=1S/C10H11BrClN3O/c11-7-2-8(10(12)14-4-7)15-5-6(3-13)1-9(15)16/h2,4,6H,1,3,5,13H2. The van der Waals surface area contributed by atoms with Gasteiger partial charge in [0.1, 0.15) is 0 Å². The number of nitrogens with zero attached hydrogens (tertiary/aromatic N) is 2. The minimum atomic E-state index is 0.0530. The summed E-state index contributed by atoms with van der Waals surface area (Å²) >= 11 is 9.29. The summed E-state index contributed by atoms with van der Waals surface area (Å²) in [5.74, 6) is 0.264. The molecule has 0 saturated carbocycles. The highest BCUT2D eigenvalue weighted by Gasteiger charge is 2.31. The lowest BCUT2D eigenvalue weighted by Crippen LogP contribution is -2.26. The highest BCUT2D eigenvalue weighted by atomic mass is 79.9. The second kappa shape index (κ2) is 4.69. The van der Waals surface area contributed by atoms with Crippen molar-refractivity contribution in [1.82, 2.24) is 4.98 Å². The molecule has 1 unspecified atom stereocenters. The Morgan fingerprint density at radius 1 is 1.69 bits per heavy atom. The fourth-order valence-electron chi connectivity index (χ4n) is 1.77. The zero-order valence-electron chi connectivity index (χ0n) is 8.49. The third kappa shape index (κ3) is 2.21. The van der Waals surface area contributed by atoms with Gasteiger partial charge in [-0.2, -0.15) is 0 Å². The molecule has 1 atom stereocenters. The molecular weight excluding hydrogens is 293 g/mol. The Balaban J connectivity index is 2.30. The smallest absolute Gasteiger partial charge is 0.227 e. The van der Waals surface area contributed by atoms with E-state index in [0.717, 1.165) is 4.47 Å². The van der Waals surface area contributed by atoms with E-state index >= 15 is 0 Å². The number of rotatable bonds is 2. The fourth-order valence-corrected chi connectivity index (χ4v) is 2.30. The highest BCUT2D eigenvalue weighted by molar-refractivity contribution is 9.10. The van der Waals surface area contributed by atoms with Crippen molar-refractivity contribution in [2.24, 2.45) is 11.7 Å². The van der Waals surface area contributed by atoms with Crippen molar-refractivity contribution in [2.75, 3.05) is 18.0 Å². The Morgan fingerprint density at radius 2 is 2.44 bits per heavy atom. The first kappa shape index (κ1) is 11.8. The predicted molar refractivity (Wildman–Crippen MR) is 66.5 cm³/mol. The summed E-state index contributed by atoms with van der Waals surface area (Å²) in [4.78, 5) is 17.4. The maximum absolute atomic E-state index is 11.8. The van der Waals surface area contributed by atoms with E-state index in [1.54, 1.807) is 17.2 Å². The molecule has 2 rings (SSSR count). The van der Waals surface area contributed by atoms with Crippen molar-refractivity contribution in [3.8, 4) is 0 Å². The van der Waals surface area contributed by atoms with E-state index in [0.29, 0.717) is 30.4 Å². The quantitative estimate of drug-likeness (QED) is 0.848. The van der Waals surface area contributed by atoms with Crippen LogP contribution in [-0.4, -0.2) is 24.0 Å². The second-order valence-electron chi connectivity index (χ2n) is 3.77. The normalized spacial score (nSPS) is 20.6. The Kier molecular flexibility index (Phi) is 3.47. The average Bonchev–Trinajstić information content (AvgIpc) is 2.63. The highest BCUT2D eigenvalue weighted by Crippen LogP contribution is 2.31. The van der Waals surface area contributed by atoms with Gasteiger partial charge in [-0.05, 0) is 34.5 Å². The third-order valence-corrected chi connectivity index (χ3v) is 3.34. The summed E-state index contributed by atoms with van der Waals surface area (Å²) in [5.41, 5.74) is 6.22. The minimum absolute atomic E-state index is 0.0530. The average molecular weight is 305 g/mol. The molecule has 2 N–H and O–H groups in total. The van der Waals surface area contributed by atoms with E-state index in [9.17, 15) is 4.79 Å². The fraction of sp³-hybridized carbons (Fsp3) is 0.400. The molecule has 2 heterocycles. The van der Waals surface area contributed by atoms with Crippen LogP contribution in [0.25, 0.3) is 0 Å². The van der Waals surface area contributed by atoms with Crippen molar-refractivity contribution < 1.29 is 4.79 Å². The molecule has 1 fully saturated rings. The largest absolute Gasteiger partial charge is 0.330 e. The van der Waals surface area contributed by atoms with Gasteiger partial charge < -0.3 is 10.6 Å². The van der Waals surface area contributed by atoms with E-state index in [1.807, 2.05) is 0 Å². The van der Waals surface area contributed by atoms with Crippen LogP contribution in [0.5, 0.6) is 0 Å². The van der Waals surface area contributed by atoms with Gasteiger partial charge in [0.05, 0.1) is 5.69 Å². The molecule has 86 valence electrons. The lowest BCUT2D eigenvalue weighted by Gasteiger charge is -2.17. The van der Waals surface area contributed by atoms with Crippen LogP contribution < -0.4 is 10.6 Å². The number of pyridine rings is 1. The Hall–Kier alpha value is -0.650. The topological polar surface area (TPSA) is 59.2 Å². The first-order valence-electron chi connectivity index (χ1n) is 4.93. The monoisotopic (exact) mass is 303 g/mol. The Labute approximate surface area is 107 Å². The summed E-state index contributed by atoms with van der Waals surface area (Å²) in [6.45, 7) is 1.13. The third-order valence-electron chi connectivity index (χ3n) is 2.62. The number of hydrogen-bond donors (Lipinski definition) is 1. The number of nitrogens with two attached hydrogens (primary N) is 1. The van der Waals surface area contributed by atoms with E-state index < -0.39 is 0 Å². The van der Waals surface area contributed by atoms with Crippen LogP contribution >= 0.6 is 27.5 Å². The van der Waals surface area contributed by atoms with Crippen molar-refractivity contribution in [3.05, 3.63) is 21.9 Å². The van der Waals surface area contributed by atoms with Gasteiger partial charge >= 0.3 is 0 Å². The number of carbonyl (C=O) groups excluding carboxylic acids is 1. The lowest BCUT2D eigenvalue weighted by atomic mass is 10.1. The van der Waals surface area contributed by atoms with Crippen LogP contribution in [0.15, 0.2) is 16.7 Å². The second-order valence-corrected chi connectivity index (χ2v) is 5.05. The summed E-state index contributed by atoms with van der Waals surface area (Å²) in [5, 5.41) is 0.342. The predicted octanol–water partition coefficient (Wildman–Crippen LogP) is 1.81.